The average Bonchev–Trinajstić information content (AvgIpc) is 3.16. The fourth-order valence-electron chi connectivity index (χ4n) is 4.21. The van der Waals surface area contributed by atoms with Gasteiger partial charge in [0.15, 0.2) is 0 Å². The van der Waals surface area contributed by atoms with Crippen LogP contribution < -0.4 is 4.90 Å². The maximum absolute atomic E-state index is 13.5. The van der Waals surface area contributed by atoms with E-state index in [1.54, 1.807) is 6.33 Å². The van der Waals surface area contributed by atoms with Crippen molar-refractivity contribution in [2.24, 2.45) is 0 Å². The number of benzene rings is 1. The van der Waals surface area contributed by atoms with Gasteiger partial charge in [0.1, 0.15) is 17.8 Å². The van der Waals surface area contributed by atoms with Crippen molar-refractivity contribution in [3.05, 3.63) is 52.9 Å². The highest BCUT2D eigenvalue weighted by Gasteiger charge is 2.29. The molecule has 33 heavy (non-hydrogen) atoms. The second-order valence-corrected chi connectivity index (χ2v) is 8.84. The summed E-state index contributed by atoms with van der Waals surface area (Å²) >= 11 is 6.07. The number of aromatic amines is 1. The minimum Gasteiger partial charge on any atom is -0.352 e. The van der Waals surface area contributed by atoms with E-state index in [1.165, 1.54) is 0 Å². The Labute approximate surface area is 212 Å². The summed E-state index contributed by atoms with van der Waals surface area (Å²) in [6.07, 6.45) is 4.34. The van der Waals surface area contributed by atoms with Crippen LogP contribution in [0.5, 0.6) is 0 Å². The van der Waals surface area contributed by atoms with Crippen molar-refractivity contribution in [1.29, 1.82) is 0 Å². The summed E-state index contributed by atoms with van der Waals surface area (Å²) in [5.74, 6) is 0.969. The molecule has 3 aromatic rings. The van der Waals surface area contributed by atoms with Gasteiger partial charge in [-0.3, -0.25) is 4.79 Å². The summed E-state index contributed by atoms with van der Waals surface area (Å²) in [6, 6.07) is 7.68. The highest BCUT2D eigenvalue weighted by Crippen LogP contribution is 2.28. The lowest BCUT2D eigenvalue weighted by Crippen LogP contribution is -2.50. The first kappa shape index (κ1) is 27.2. The quantitative estimate of drug-likeness (QED) is 0.536. The van der Waals surface area contributed by atoms with Gasteiger partial charge in [0.2, 0.25) is 5.91 Å². The topological polar surface area (TPSA) is 68.4 Å². The van der Waals surface area contributed by atoms with Crippen LogP contribution >= 0.6 is 36.4 Å². The van der Waals surface area contributed by atoms with Gasteiger partial charge in [-0.25, -0.2) is 9.97 Å². The summed E-state index contributed by atoms with van der Waals surface area (Å²) < 4.78 is 0. The smallest absolute Gasteiger partial charge is 0.230 e. The fraction of sp³-hybridized carbons (Fsp3) is 0.435. The number of anilines is 1. The average molecular weight is 514 g/mol. The van der Waals surface area contributed by atoms with Crippen LogP contribution in [0, 0.1) is 6.92 Å². The summed E-state index contributed by atoms with van der Waals surface area (Å²) in [5, 5.41) is 1.75. The lowest BCUT2D eigenvalue weighted by atomic mass is 9.93. The first-order valence-corrected chi connectivity index (χ1v) is 11.0. The number of nitrogens with zero attached hydrogens (tertiary/aromatic N) is 5. The molecule has 1 unspecified atom stereocenters. The van der Waals surface area contributed by atoms with E-state index in [0.29, 0.717) is 18.1 Å². The minimum atomic E-state index is -0.163. The Balaban J connectivity index is 0.00000193. The number of hydrogen-bond donors (Lipinski definition) is 1. The number of aromatic nitrogens is 3. The third-order valence-electron chi connectivity index (χ3n) is 5.97. The molecular formula is C23H31Cl3N6O. The molecule has 1 aliphatic heterocycles. The van der Waals surface area contributed by atoms with Gasteiger partial charge in [0, 0.05) is 37.4 Å². The normalized spacial score (nSPS) is 14.7. The van der Waals surface area contributed by atoms with E-state index in [4.69, 9.17) is 11.6 Å². The predicted octanol–water partition coefficient (Wildman–Crippen LogP) is 4.15. The Morgan fingerprint density at radius 2 is 1.79 bits per heavy atom. The number of aryl methyl sites for hydroxylation is 1. The molecule has 1 aliphatic rings. The zero-order valence-electron chi connectivity index (χ0n) is 19.1. The number of hydrogen-bond acceptors (Lipinski definition) is 5. The van der Waals surface area contributed by atoms with E-state index >= 15 is 0 Å². The van der Waals surface area contributed by atoms with Gasteiger partial charge in [-0.05, 0) is 57.2 Å². The molecule has 0 radical (unpaired) electrons. The van der Waals surface area contributed by atoms with E-state index in [0.717, 1.165) is 54.0 Å². The summed E-state index contributed by atoms with van der Waals surface area (Å²) in [5.41, 5.74) is 3.02. The Kier molecular flexibility index (Phi) is 9.79. The van der Waals surface area contributed by atoms with Gasteiger partial charge < -0.3 is 19.7 Å². The second kappa shape index (κ2) is 11.9. The van der Waals surface area contributed by atoms with E-state index in [2.05, 4.69) is 31.7 Å². The molecule has 1 aromatic carbocycles. The van der Waals surface area contributed by atoms with Crippen molar-refractivity contribution in [2.75, 3.05) is 51.7 Å². The Bertz CT molecular complexity index is 1050. The number of halogens is 3. The molecule has 2 aromatic heterocycles. The monoisotopic (exact) mass is 512 g/mol. The largest absolute Gasteiger partial charge is 0.352 e. The lowest BCUT2D eigenvalue weighted by molar-refractivity contribution is -0.133. The maximum atomic E-state index is 13.5. The number of H-pyrrole nitrogens is 1. The molecule has 7 nitrogen and oxygen atoms in total. The van der Waals surface area contributed by atoms with E-state index in [-0.39, 0.29) is 36.6 Å². The first-order valence-electron chi connectivity index (χ1n) is 10.7. The van der Waals surface area contributed by atoms with Crippen molar-refractivity contribution in [1.82, 2.24) is 24.8 Å². The number of piperazine rings is 1. The fourth-order valence-corrected chi connectivity index (χ4v) is 4.34. The van der Waals surface area contributed by atoms with Crippen LogP contribution in [0.1, 0.15) is 23.5 Å². The molecule has 0 aliphatic carbocycles. The summed E-state index contributed by atoms with van der Waals surface area (Å²) in [6.45, 7) is 5.78. The standard InChI is InChI=1S/C23H29ClN6O.2ClH/c1-16-14-25-21-20(16)22(27-15-26-21)29-10-12-30(13-11-29)23(31)19(8-9-28(2)3)17-4-6-18(24)7-5-17;;/h4-7,14-15,19H,8-13H2,1-3H3,(H,25,26,27);2*1H. The van der Waals surface area contributed by atoms with Crippen molar-refractivity contribution < 1.29 is 4.79 Å². The molecule has 0 spiro atoms. The predicted molar refractivity (Wildman–Crippen MR) is 139 cm³/mol. The summed E-state index contributed by atoms with van der Waals surface area (Å²) in [4.78, 5) is 31.9. The Morgan fingerprint density at radius 1 is 1.12 bits per heavy atom. The molecular weight excluding hydrogens is 483 g/mol. The van der Waals surface area contributed by atoms with E-state index in [9.17, 15) is 4.79 Å². The molecule has 1 N–H and O–H groups in total. The summed E-state index contributed by atoms with van der Waals surface area (Å²) in [7, 11) is 4.07. The molecule has 1 amide bonds. The van der Waals surface area contributed by atoms with Crippen molar-refractivity contribution in [2.45, 2.75) is 19.3 Å². The Hall–Kier alpha value is -2.06. The van der Waals surface area contributed by atoms with Gasteiger partial charge in [0.25, 0.3) is 0 Å². The Morgan fingerprint density at radius 3 is 2.42 bits per heavy atom. The van der Waals surface area contributed by atoms with Crippen LogP contribution in [0.3, 0.4) is 0 Å². The highest BCUT2D eigenvalue weighted by molar-refractivity contribution is 6.30. The van der Waals surface area contributed by atoms with Gasteiger partial charge in [-0.1, -0.05) is 23.7 Å². The zero-order valence-corrected chi connectivity index (χ0v) is 21.5. The SMILES string of the molecule is Cc1c[nH]c2ncnc(N3CCN(C(=O)C(CCN(C)C)c4ccc(Cl)cc4)CC3)c12.Cl.Cl. The van der Waals surface area contributed by atoms with Crippen LogP contribution in [-0.2, 0) is 4.79 Å². The van der Waals surface area contributed by atoms with Gasteiger partial charge in [-0.15, -0.1) is 24.8 Å². The van der Waals surface area contributed by atoms with Crippen LogP contribution in [0.25, 0.3) is 11.0 Å². The van der Waals surface area contributed by atoms with Gasteiger partial charge in [0.05, 0.1) is 11.3 Å². The second-order valence-electron chi connectivity index (χ2n) is 8.40. The van der Waals surface area contributed by atoms with Gasteiger partial charge >= 0.3 is 0 Å². The van der Waals surface area contributed by atoms with Gasteiger partial charge in [-0.2, -0.15) is 0 Å². The molecule has 180 valence electrons. The molecule has 0 saturated carbocycles. The van der Waals surface area contributed by atoms with Crippen molar-refractivity contribution in [3.63, 3.8) is 0 Å². The first-order chi connectivity index (χ1) is 14.9. The molecule has 3 heterocycles. The van der Waals surface area contributed by atoms with Crippen molar-refractivity contribution in [3.8, 4) is 0 Å². The molecule has 1 fully saturated rings. The third-order valence-corrected chi connectivity index (χ3v) is 6.23. The molecule has 1 saturated heterocycles. The molecule has 0 bridgehead atoms. The van der Waals surface area contributed by atoms with E-state index in [1.807, 2.05) is 49.5 Å². The number of carbonyl (C=O) groups is 1. The van der Waals surface area contributed by atoms with Crippen LogP contribution in [0.4, 0.5) is 5.82 Å². The van der Waals surface area contributed by atoms with Crippen LogP contribution in [-0.4, -0.2) is 77.5 Å². The number of fused-ring (bicyclic) bond motifs is 1. The maximum Gasteiger partial charge on any atom is 0.230 e. The van der Waals surface area contributed by atoms with E-state index < -0.39 is 0 Å². The van der Waals surface area contributed by atoms with Crippen LogP contribution in [0.2, 0.25) is 5.02 Å². The molecule has 1 atom stereocenters. The zero-order chi connectivity index (χ0) is 22.0. The van der Waals surface area contributed by atoms with Crippen LogP contribution in [0.15, 0.2) is 36.8 Å². The lowest BCUT2D eigenvalue weighted by Gasteiger charge is -2.37. The third kappa shape index (κ3) is 6.09. The highest BCUT2D eigenvalue weighted by atomic mass is 35.5. The number of rotatable bonds is 6. The molecule has 10 heteroatoms. The number of carbonyl (C=O) groups excluding carboxylic acids is 1. The van der Waals surface area contributed by atoms with Crippen molar-refractivity contribution >= 4 is 59.2 Å². The minimum absolute atomic E-state index is 0. The molecule has 4 rings (SSSR count). The number of nitrogens with one attached hydrogen (secondary N) is 1. The number of amides is 1.